The fraction of sp³-hybridized carbons (Fsp3) is 0.238. The van der Waals surface area contributed by atoms with Gasteiger partial charge >= 0.3 is 12.2 Å². The number of hydrogen-bond donors (Lipinski definition) is 2. The lowest BCUT2D eigenvalue weighted by Gasteiger charge is -2.10. The van der Waals surface area contributed by atoms with Gasteiger partial charge in [-0.05, 0) is 38.4 Å². The number of amides is 2. The second-order valence-corrected chi connectivity index (χ2v) is 6.83. The summed E-state index contributed by atoms with van der Waals surface area (Å²) in [5.74, 6) is 6.16. The van der Waals surface area contributed by atoms with E-state index in [-0.39, 0.29) is 0 Å². The summed E-state index contributed by atoms with van der Waals surface area (Å²) in [7, 11) is 3.89. The Hall–Kier alpha value is -3.51. The number of imidazole rings is 1. The molecule has 0 saturated carbocycles. The third kappa shape index (κ3) is 5.75. The Kier molecular flexibility index (Phi) is 6.28. The zero-order chi connectivity index (χ0) is 21.7. The van der Waals surface area contributed by atoms with Crippen molar-refractivity contribution in [2.75, 3.05) is 32.5 Å². The molecule has 3 aromatic rings. The van der Waals surface area contributed by atoms with Crippen LogP contribution in [0.2, 0.25) is 0 Å². The Morgan fingerprint density at radius 3 is 2.77 bits per heavy atom. The summed E-state index contributed by atoms with van der Waals surface area (Å²) in [4.78, 5) is 18.1. The second kappa shape index (κ2) is 8.88. The molecule has 2 N–H and O–H groups in total. The van der Waals surface area contributed by atoms with Crippen molar-refractivity contribution in [2.45, 2.75) is 6.18 Å². The maximum Gasteiger partial charge on any atom is 0.405 e. The number of aromatic nitrogens is 2. The van der Waals surface area contributed by atoms with E-state index in [2.05, 4.69) is 22.1 Å². The van der Waals surface area contributed by atoms with Crippen molar-refractivity contribution in [3.8, 4) is 23.1 Å². The number of rotatable bonds is 4. The van der Waals surface area contributed by atoms with Crippen molar-refractivity contribution in [1.29, 1.82) is 0 Å². The van der Waals surface area contributed by atoms with Crippen molar-refractivity contribution in [3.63, 3.8) is 0 Å². The molecule has 156 valence electrons. The normalized spacial score (nSPS) is 11.3. The van der Waals surface area contributed by atoms with Crippen LogP contribution in [0.4, 0.5) is 23.7 Å². The van der Waals surface area contributed by atoms with Crippen molar-refractivity contribution in [1.82, 2.24) is 19.6 Å². The Morgan fingerprint density at radius 2 is 2.03 bits per heavy atom. The van der Waals surface area contributed by atoms with Gasteiger partial charge in [0.25, 0.3) is 0 Å². The molecule has 3 rings (SSSR count). The smallest absolute Gasteiger partial charge is 0.329 e. The number of alkyl halides is 3. The van der Waals surface area contributed by atoms with Crippen LogP contribution in [-0.4, -0.2) is 53.7 Å². The number of carbonyl (C=O) groups excluding carboxylic acids is 1. The van der Waals surface area contributed by atoms with Crippen LogP contribution in [0.5, 0.6) is 0 Å². The fourth-order valence-electron chi connectivity index (χ4n) is 2.68. The van der Waals surface area contributed by atoms with Gasteiger partial charge in [-0.25, -0.2) is 9.78 Å². The van der Waals surface area contributed by atoms with E-state index in [1.165, 1.54) is 0 Å². The maximum atomic E-state index is 12.2. The monoisotopic (exact) mass is 415 g/mol. The van der Waals surface area contributed by atoms with Gasteiger partial charge in [0.15, 0.2) is 0 Å². The number of carbonyl (C=O) groups is 1. The second-order valence-electron chi connectivity index (χ2n) is 6.83. The molecule has 9 heteroatoms. The minimum atomic E-state index is -4.47. The van der Waals surface area contributed by atoms with E-state index in [1.54, 1.807) is 29.7 Å². The number of nitrogens with one attached hydrogen (secondary N) is 2. The first-order chi connectivity index (χ1) is 14.2. The summed E-state index contributed by atoms with van der Waals surface area (Å²) in [6.07, 6.45) is -0.923. The average molecular weight is 415 g/mol. The highest BCUT2D eigenvalue weighted by atomic mass is 19.4. The molecule has 0 atom stereocenters. The molecule has 1 aromatic carbocycles. The number of nitrogens with zero attached hydrogens (tertiary/aromatic N) is 3. The molecule has 30 heavy (non-hydrogen) atoms. The zero-order valence-electron chi connectivity index (χ0n) is 16.4. The molecular formula is C21H20F3N5O. The van der Waals surface area contributed by atoms with Crippen molar-refractivity contribution in [3.05, 3.63) is 54.4 Å². The highest BCUT2D eigenvalue weighted by Crippen LogP contribution is 2.24. The van der Waals surface area contributed by atoms with Crippen LogP contribution in [0, 0.1) is 11.8 Å². The van der Waals surface area contributed by atoms with E-state index < -0.39 is 18.8 Å². The number of fused-ring (bicyclic) bond motifs is 1. The quantitative estimate of drug-likeness (QED) is 0.640. The highest BCUT2D eigenvalue weighted by Gasteiger charge is 2.27. The van der Waals surface area contributed by atoms with Crippen LogP contribution >= 0.6 is 0 Å². The van der Waals surface area contributed by atoms with Gasteiger partial charge in [0.1, 0.15) is 12.2 Å². The van der Waals surface area contributed by atoms with Crippen LogP contribution in [0.1, 0.15) is 5.56 Å². The van der Waals surface area contributed by atoms with E-state index in [0.29, 0.717) is 17.9 Å². The highest BCUT2D eigenvalue weighted by molar-refractivity contribution is 5.90. The zero-order valence-corrected chi connectivity index (χ0v) is 16.4. The Balaban J connectivity index is 1.78. The lowest BCUT2D eigenvalue weighted by atomic mass is 10.1. The predicted molar refractivity (Wildman–Crippen MR) is 109 cm³/mol. The molecule has 2 amide bonds. The molecule has 6 nitrogen and oxygen atoms in total. The largest absolute Gasteiger partial charge is 0.405 e. The number of halogens is 3. The minimum absolute atomic E-state index is 0.369. The van der Waals surface area contributed by atoms with E-state index in [0.717, 1.165) is 16.8 Å². The molecule has 0 bridgehead atoms. The SMILES string of the molecule is CN(C)CC#Cc1ccn2c(-c3cccc(NC(=O)NCC(F)(F)F)c3)cnc2c1. The Bertz CT molecular complexity index is 1110. The van der Waals surface area contributed by atoms with Gasteiger partial charge in [-0.1, -0.05) is 24.0 Å². The number of urea groups is 1. The van der Waals surface area contributed by atoms with Gasteiger partial charge in [0.05, 0.1) is 18.4 Å². The van der Waals surface area contributed by atoms with Gasteiger partial charge in [0, 0.05) is 23.0 Å². The van der Waals surface area contributed by atoms with Crippen LogP contribution in [0.15, 0.2) is 48.8 Å². The lowest BCUT2D eigenvalue weighted by molar-refractivity contribution is -0.122. The molecule has 0 aliphatic carbocycles. The van der Waals surface area contributed by atoms with Crippen molar-refractivity contribution in [2.24, 2.45) is 0 Å². The predicted octanol–water partition coefficient (Wildman–Crippen LogP) is 3.60. The van der Waals surface area contributed by atoms with E-state index in [9.17, 15) is 18.0 Å². The van der Waals surface area contributed by atoms with Crippen LogP contribution in [0.3, 0.4) is 0 Å². The number of anilines is 1. The first-order valence-corrected chi connectivity index (χ1v) is 9.04. The summed E-state index contributed by atoms with van der Waals surface area (Å²) in [5, 5.41) is 4.18. The van der Waals surface area contributed by atoms with Gasteiger partial charge < -0.3 is 10.6 Å². The summed E-state index contributed by atoms with van der Waals surface area (Å²) in [6, 6.07) is 9.62. The van der Waals surface area contributed by atoms with Gasteiger partial charge in [-0.2, -0.15) is 13.2 Å². The minimum Gasteiger partial charge on any atom is -0.329 e. The Labute approximate surface area is 171 Å². The topological polar surface area (TPSA) is 61.7 Å². The lowest BCUT2D eigenvalue weighted by Crippen LogP contribution is -2.36. The molecule has 0 radical (unpaired) electrons. The molecular weight excluding hydrogens is 395 g/mol. The summed E-state index contributed by atoms with van der Waals surface area (Å²) < 4.78 is 38.5. The third-order valence-corrected chi connectivity index (χ3v) is 4.01. The first-order valence-electron chi connectivity index (χ1n) is 9.04. The summed E-state index contributed by atoms with van der Waals surface area (Å²) >= 11 is 0. The fourth-order valence-corrected chi connectivity index (χ4v) is 2.68. The van der Waals surface area contributed by atoms with Gasteiger partial charge in [-0.15, -0.1) is 0 Å². The molecule has 0 spiro atoms. The molecule has 2 heterocycles. The first kappa shape index (κ1) is 21.2. The maximum absolute atomic E-state index is 12.2. The molecule has 2 aromatic heterocycles. The van der Waals surface area contributed by atoms with Crippen LogP contribution < -0.4 is 10.6 Å². The van der Waals surface area contributed by atoms with E-state index in [4.69, 9.17) is 0 Å². The summed E-state index contributed by atoms with van der Waals surface area (Å²) in [5.41, 5.74) is 3.45. The number of hydrogen-bond acceptors (Lipinski definition) is 3. The van der Waals surface area contributed by atoms with E-state index in [1.807, 2.05) is 47.8 Å². The number of benzene rings is 1. The van der Waals surface area contributed by atoms with Crippen LogP contribution in [0.25, 0.3) is 16.9 Å². The van der Waals surface area contributed by atoms with Gasteiger partial charge in [0.2, 0.25) is 0 Å². The molecule has 0 aliphatic rings. The van der Waals surface area contributed by atoms with E-state index >= 15 is 0 Å². The number of pyridine rings is 1. The van der Waals surface area contributed by atoms with Crippen molar-refractivity contribution >= 4 is 17.4 Å². The van der Waals surface area contributed by atoms with Crippen molar-refractivity contribution < 1.29 is 18.0 Å². The standard InChI is InChI=1S/C21H20F3N5O/c1-28(2)9-4-5-15-8-10-29-18(13-25-19(29)11-15)16-6-3-7-17(12-16)27-20(30)26-14-21(22,23)24/h3,6-8,10-13H,9,14H2,1-2H3,(H2,26,27,30). The molecule has 0 saturated heterocycles. The summed E-state index contributed by atoms with van der Waals surface area (Å²) in [6.45, 7) is -0.743. The third-order valence-electron chi connectivity index (χ3n) is 4.01. The Morgan fingerprint density at radius 1 is 1.23 bits per heavy atom. The van der Waals surface area contributed by atoms with Gasteiger partial charge in [-0.3, -0.25) is 9.30 Å². The molecule has 0 unspecified atom stereocenters. The molecule has 0 fully saturated rings. The molecule has 0 aliphatic heterocycles. The van der Waals surface area contributed by atoms with Crippen LogP contribution in [-0.2, 0) is 0 Å². The average Bonchev–Trinajstić information content (AvgIpc) is 3.09.